The van der Waals surface area contributed by atoms with Gasteiger partial charge in [-0.3, -0.25) is 4.79 Å². The van der Waals surface area contributed by atoms with Crippen LogP contribution in [-0.2, 0) is 6.54 Å². The van der Waals surface area contributed by atoms with Crippen molar-refractivity contribution in [2.45, 2.75) is 52.2 Å². The molecule has 2 N–H and O–H groups in total. The molecule has 8 nitrogen and oxygen atoms in total. The van der Waals surface area contributed by atoms with E-state index in [9.17, 15) is 4.79 Å². The molecule has 5 rings (SSSR count). The normalized spacial score (nSPS) is 15.8. The van der Waals surface area contributed by atoms with Gasteiger partial charge in [0.15, 0.2) is 11.5 Å². The predicted octanol–water partition coefficient (Wildman–Crippen LogP) is 3.63. The number of anilines is 1. The second-order valence-corrected chi connectivity index (χ2v) is 8.89. The third-order valence-electron chi connectivity index (χ3n) is 6.62. The van der Waals surface area contributed by atoms with Crippen LogP contribution >= 0.6 is 0 Å². The van der Waals surface area contributed by atoms with Crippen molar-refractivity contribution in [2.24, 2.45) is 0 Å². The van der Waals surface area contributed by atoms with Crippen molar-refractivity contribution in [3.63, 3.8) is 0 Å². The summed E-state index contributed by atoms with van der Waals surface area (Å²) in [5.74, 6) is 0.661. The Hall–Kier alpha value is -3.26. The monoisotopic (exact) mass is 431 g/mol. The predicted molar refractivity (Wildman–Crippen MR) is 127 cm³/mol. The first-order chi connectivity index (χ1) is 15.5. The van der Waals surface area contributed by atoms with E-state index in [1.807, 2.05) is 29.7 Å². The molecule has 3 aromatic heterocycles. The number of nitrogens with one attached hydrogen (secondary N) is 2. The van der Waals surface area contributed by atoms with Gasteiger partial charge in [-0.15, -0.1) is 0 Å². The van der Waals surface area contributed by atoms with E-state index in [0.717, 1.165) is 48.0 Å². The fourth-order valence-electron chi connectivity index (χ4n) is 4.87. The van der Waals surface area contributed by atoms with Crippen molar-refractivity contribution in [1.82, 2.24) is 29.4 Å². The number of likely N-dealkylation sites (tertiary alicyclic amines) is 1. The number of aromatic amines is 1. The first-order valence-corrected chi connectivity index (χ1v) is 11.3. The van der Waals surface area contributed by atoms with Crippen LogP contribution in [0.4, 0.5) is 5.82 Å². The molecule has 166 valence electrons. The Kier molecular flexibility index (Phi) is 5.38. The van der Waals surface area contributed by atoms with Gasteiger partial charge in [-0.2, -0.15) is 0 Å². The summed E-state index contributed by atoms with van der Waals surface area (Å²) in [6, 6.07) is 8.92. The molecule has 0 atom stereocenters. The summed E-state index contributed by atoms with van der Waals surface area (Å²) in [6.45, 7) is 8.99. The molecular weight excluding hydrogens is 402 g/mol. The van der Waals surface area contributed by atoms with E-state index in [1.54, 1.807) is 6.33 Å². The van der Waals surface area contributed by atoms with Crippen LogP contribution in [0.15, 0.2) is 41.7 Å². The fraction of sp³-hybridized carbons (Fsp3) is 0.417. The van der Waals surface area contributed by atoms with Gasteiger partial charge in [0.1, 0.15) is 11.8 Å². The van der Waals surface area contributed by atoms with Crippen LogP contribution in [0.3, 0.4) is 0 Å². The molecule has 1 aromatic carbocycles. The van der Waals surface area contributed by atoms with E-state index < -0.39 is 0 Å². The van der Waals surface area contributed by atoms with Crippen molar-refractivity contribution in [3.05, 3.63) is 58.5 Å². The van der Waals surface area contributed by atoms with Gasteiger partial charge in [0.25, 0.3) is 5.56 Å². The maximum atomic E-state index is 13.7. The Bertz CT molecular complexity index is 1320. The van der Waals surface area contributed by atoms with E-state index in [0.29, 0.717) is 29.6 Å². The molecule has 0 unspecified atom stereocenters. The summed E-state index contributed by atoms with van der Waals surface area (Å²) >= 11 is 0. The molecule has 0 spiro atoms. The summed E-state index contributed by atoms with van der Waals surface area (Å²) in [4.78, 5) is 32.1. The average Bonchev–Trinajstić information content (AvgIpc) is 3.27. The molecule has 0 aliphatic carbocycles. The van der Waals surface area contributed by atoms with Gasteiger partial charge in [0.2, 0.25) is 0 Å². The third-order valence-corrected chi connectivity index (χ3v) is 6.62. The number of hydrogen-bond acceptors (Lipinski definition) is 6. The standard InChI is InChI=1S/C24H29N7O/c1-15(2)30-9-7-18(8-10-30)31-19(11-17-6-4-5-16(3)20(17)24(31)32)12-25-22-21-23(27-13-26-21)29-14-28-22/h4-6,11,13-15,18H,7-10,12H2,1-3H3,(H2,25,26,27,28,29). The van der Waals surface area contributed by atoms with Crippen LogP contribution in [-0.4, -0.2) is 48.5 Å². The van der Waals surface area contributed by atoms with Crippen LogP contribution < -0.4 is 10.9 Å². The Labute approximate surface area is 186 Å². The lowest BCUT2D eigenvalue weighted by Gasteiger charge is -2.36. The topological polar surface area (TPSA) is 91.7 Å². The Morgan fingerprint density at radius 1 is 1.19 bits per heavy atom. The molecule has 0 bridgehead atoms. The third kappa shape index (κ3) is 3.64. The minimum atomic E-state index is 0.105. The molecule has 4 aromatic rings. The number of nitrogens with zero attached hydrogens (tertiary/aromatic N) is 5. The molecule has 0 saturated carbocycles. The molecular formula is C24H29N7O. The Morgan fingerprint density at radius 3 is 2.78 bits per heavy atom. The molecule has 1 aliphatic rings. The summed E-state index contributed by atoms with van der Waals surface area (Å²) < 4.78 is 2.03. The highest BCUT2D eigenvalue weighted by Gasteiger charge is 2.25. The minimum Gasteiger partial charge on any atom is -0.363 e. The number of aromatic nitrogens is 5. The number of imidazole rings is 1. The minimum absolute atomic E-state index is 0.105. The maximum Gasteiger partial charge on any atom is 0.259 e. The van der Waals surface area contributed by atoms with Crippen LogP contribution in [0.25, 0.3) is 21.9 Å². The zero-order valence-electron chi connectivity index (χ0n) is 18.8. The van der Waals surface area contributed by atoms with Gasteiger partial charge < -0.3 is 19.8 Å². The second-order valence-electron chi connectivity index (χ2n) is 8.89. The smallest absolute Gasteiger partial charge is 0.259 e. The molecule has 0 radical (unpaired) electrons. The number of H-pyrrole nitrogens is 1. The lowest BCUT2D eigenvalue weighted by atomic mass is 10.0. The largest absolute Gasteiger partial charge is 0.363 e. The van der Waals surface area contributed by atoms with Crippen LogP contribution in [0.2, 0.25) is 0 Å². The average molecular weight is 432 g/mol. The second kappa shape index (κ2) is 8.35. The van der Waals surface area contributed by atoms with Crippen molar-refractivity contribution < 1.29 is 0 Å². The summed E-state index contributed by atoms with van der Waals surface area (Å²) in [5, 5.41) is 5.20. The number of rotatable bonds is 5. The summed E-state index contributed by atoms with van der Waals surface area (Å²) in [7, 11) is 0. The highest BCUT2D eigenvalue weighted by molar-refractivity contribution is 5.85. The quantitative estimate of drug-likeness (QED) is 0.501. The molecule has 8 heteroatoms. The Morgan fingerprint density at radius 2 is 2.00 bits per heavy atom. The van der Waals surface area contributed by atoms with Gasteiger partial charge in [0.05, 0.1) is 18.3 Å². The first-order valence-electron chi connectivity index (χ1n) is 11.3. The fourth-order valence-corrected chi connectivity index (χ4v) is 4.87. The molecule has 4 heterocycles. The first kappa shape index (κ1) is 20.6. The van der Waals surface area contributed by atoms with Crippen molar-refractivity contribution >= 4 is 27.8 Å². The molecule has 1 aliphatic heterocycles. The van der Waals surface area contributed by atoms with Crippen molar-refractivity contribution in [1.29, 1.82) is 0 Å². The van der Waals surface area contributed by atoms with E-state index in [-0.39, 0.29) is 11.6 Å². The lowest BCUT2D eigenvalue weighted by Crippen LogP contribution is -2.41. The SMILES string of the molecule is Cc1cccc2cc(CNc3ncnc4[nH]cnc34)n(C3CCN(C(C)C)CC3)c(=O)c12. The van der Waals surface area contributed by atoms with Crippen LogP contribution in [0.5, 0.6) is 0 Å². The summed E-state index contributed by atoms with van der Waals surface area (Å²) in [5.41, 5.74) is 3.49. The number of benzene rings is 1. The molecule has 0 amide bonds. The van der Waals surface area contributed by atoms with Crippen molar-refractivity contribution in [3.8, 4) is 0 Å². The van der Waals surface area contributed by atoms with E-state index in [1.165, 1.54) is 6.33 Å². The lowest BCUT2D eigenvalue weighted by molar-refractivity contribution is 0.149. The van der Waals surface area contributed by atoms with Crippen LogP contribution in [0.1, 0.15) is 44.0 Å². The van der Waals surface area contributed by atoms with Crippen LogP contribution in [0, 0.1) is 6.92 Å². The van der Waals surface area contributed by atoms with Gasteiger partial charge in [-0.25, -0.2) is 15.0 Å². The highest BCUT2D eigenvalue weighted by Crippen LogP contribution is 2.27. The van der Waals surface area contributed by atoms with Gasteiger partial charge >= 0.3 is 0 Å². The number of hydrogen-bond donors (Lipinski definition) is 2. The van der Waals surface area contributed by atoms with E-state index in [4.69, 9.17) is 0 Å². The zero-order valence-corrected chi connectivity index (χ0v) is 18.8. The summed E-state index contributed by atoms with van der Waals surface area (Å²) in [6.07, 6.45) is 5.07. The number of pyridine rings is 1. The highest BCUT2D eigenvalue weighted by atomic mass is 16.1. The van der Waals surface area contributed by atoms with Crippen molar-refractivity contribution in [2.75, 3.05) is 18.4 Å². The zero-order chi connectivity index (χ0) is 22.2. The van der Waals surface area contributed by atoms with Gasteiger partial charge in [0, 0.05) is 30.9 Å². The molecule has 1 saturated heterocycles. The van der Waals surface area contributed by atoms with E-state index in [2.05, 4.69) is 50.1 Å². The number of fused-ring (bicyclic) bond motifs is 2. The number of aryl methyl sites for hydroxylation is 1. The maximum absolute atomic E-state index is 13.7. The Balaban J connectivity index is 1.54. The molecule has 32 heavy (non-hydrogen) atoms. The van der Waals surface area contributed by atoms with E-state index >= 15 is 0 Å². The molecule has 1 fully saturated rings. The number of piperidine rings is 1. The van der Waals surface area contributed by atoms with Gasteiger partial charge in [-0.05, 0) is 50.6 Å². The van der Waals surface area contributed by atoms with Gasteiger partial charge in [-0.1, -0.05) is 18.2 Å².